The fraction of sp³-hybridized carbons (Fsp3) is 0.333. The molecule has 0 unspecified atom stereocenters. The summed E-state index contributed by atoms with van der Waals surface area (Å²) >= 11 is 0. The van der Waals surface area contributed by atoms with Crippen LogP contribution in [0.4, 0.5) is 0 Å². The molecule has 0 N–H and O–H groups in total. The molecular formula is C21H25N3O2. The standard InChI is InChI=1S/C21H25N3O2/c1-16(9-10-18-7-5-4-6-8-18)24(14-19-11-12-26-15-19)21(25)20-13-17(2)23(3)22-20/h4-8,11-13,15-16H,9-10,14H2,1-3H3/t16-/m1/s1. The van der Waals surface area contributed by atoms with E-state index in [-0.39, 0.29) is 11.9 Å². The van der Waals surface area contributed by atoms with Crippen molar-refractivity contribution in [3.05, 3.63) is 77.5 Å². The van der Waals surface area contributed by atoms with Crippen molar-refractivity contribution < 1.29 is 9.21 Å². The predicted octanol–water partition coefficient (Wildman–Crippen LogP) is 3.99. The molecule has 5 nitrogen and oxygen atoms in total. The van der Waals surface area contributed by atoms with Crippen molar-refractivity contribution in [1.29, 1.82) is 0 Å². The van der Waals surface area contributed by atoms with Crippen molar-refractivity contribution in [2.75, 3.05) is 0 Å². The van der Waals surface area contributed by atoms with Crippen LogP contribution in [0.5, 0.6) is 0 Å². The summed E-state index contributed by atoms with van der Waals surface area (Å²) in [4.78, 5) is 15.0. The van der Waals surface area contributed by atoms with Crippen molar-refractivity contribution in [3.63, 3.8) is 0 Å². The van der Waals surface area contributed by atoms with Crippen LogP contribution in [0, 0.1) is 6.92 Å². The Morgan fingerprint density at radius 1 is 1.23 bits per heavy atom. The zero-order valence-electron chi connectivity index (χ0n) is 15.6. The van der Waals surface area contributed by atoms with Crippen LogP contribution in [0.3, 0.4) is 0 Å². The first kappa shape index (κ1) is 18.0. The van der Waals surface area contributed by atoms with Gasteiger partial charge < -0.3 is 9.32 Å². The SMILES string of the molecule is Cc1cc(C(=O)N(Cc2ccoc2)[C@H](C)CCc2ccccc2)nn1C. The first-order valence-electron chi connectivity index (χ1n) is 8.91. The van der Waals surface area contributed by atoms with Gasteiger partial charge in [0.15, 0.2) is 5.69 Å². The van der Waals surface area contributed by atoms with Crippen LogP contribution in [0.1, 0.15) is 40.7 Å². The molecule has 1 amide bonds. The second-order valence-electron chi connectivity index (χ2n) is 6.73. The number of carbonyl (C=O) groups excluding carboxylic acids is 1. The lowest BCUT2D eigenvalue weighted by Gasteiger charge is -2.28. The van der Waals surface area contributed by atoms with Crippen molar-refractivity contribution in [3.8, 4) is 0 Å². The number of aromatic nitrogens is 2. The van der Waals surface area contributed by atoms with Gasteiger partial charge in [0.25, 0.3) is 5.91 Å². The van der Waals surface area contributed by atoms with Crippen LogP contribution < -0.4 is 0 Å². The van der Waals surface area contributed by atoms with Gasteiger partial charge in [-0.25, -0.2) is 0 Å². The molecule has 2 aromatic heterocycles. The first-order chi connectivity index (χ1) is 12.5. The molecule has 26 heavy (non-hydrogen) atoms. The minimum absolute atomic E-state index is 0.0459. The van der Waals surface area contributed by atoms with Crippen LogP contribution in [0.25, 0.3) is 0 Å². The largest absolute Gasteiger partial charge is 0.472 e. The molecule has 1 aromatic carbocycles. The number of carbonyl (C=O) groups is 1. The summed E-state index contributed by atoms with van der Waals surface area (Å²) in [5.74, 6) is -0.0459. The first-order valence-corrected chi connectivity index (χ1v) is 8.91. The zero-order valence-corrected chi connectivity index (χ0v) is 15.6. The molecule has 0 fully saturated rings. The van der Waals surface area contributed by atoms with Gasteiger partial charge in [-0.2, -0.15) is 5.10 Å². The van der Waals surface area contributed by atoms with E-state index in [1.807, 2.05) is 49.2 Å². The highest BCUT2D eigenvalue weighted by Gasteiger charge is 2.24. The number of nitrogens with zero attached hydrogens (tertiary/aromatic N) is 3. The lowest BCUT2D eigenvalue weighted by Crippen LogP contribution is -2.38. The maximum absolute atomic E-state index is 13.1. The maximum atomic E-state index is 13.1. The molecule has 1 atom stereocenters. The Hall–Kier alpha value is -2.82. The topological polar surface area (TPSA) is 51.3 Å². The van der Waals surface area contributed by atoms with Gasteiger partial charge in [-0.05, 0) is 44.4 Å². The van der Waals surface area contributed by atoms with Crippen molar-refractivity contribution in [2.24, 2.45) is 7.05 Å². The second-order valence-corrected chi connectivity index (χ2v) is 6.73. The number of aryl methyl sites for hydroxylation is 3. The van der Waals surface area contributed by atoms with Crippen molar-refractivity contribution in [1.82, 2.24) is 14.7 Å². The van der Waals surface area contributed by atoms with Crippen LogP contribution in [0.15, 0.2) is 59.4 Å². The Morgan fingerprint density at radius 3 is 2.62 bits per heavy atom. The highest BCUT2D eigenvalue weighted by Crippen LogP contribution is 2.17. The molecule has 2 heterocycles. The summed E-state index contributed by atoms with van der Waals surface area (Å²) in [6, 6.07) is 14.2. The summed E-state index contributed by atoms with van der Waals surface area (Å²) in [6.45, 7) is 4.56. The third-order valence-electron chi connectivity index (χ3n) is 4.75. The lowest BCUT2D eigenvalue weighted by molar-refractivity contribution is 0.0660. The molecule has 0 bridgehead atoms. The fourth-order valence-corrected chi connectivity index (χ4v) is 3.00. The number of amides is 1. The van der Waals surface area contributed by atoms with Crippen LogP contribution in [0.2, 0.25) is 0 Å². The van der Waals surface area contributed by atoms with Crippen molar-refractivity contribution in [2.45, 2.75) is 39.3 Å². The van der Waals surface area contributed by atoms with Gasteiger partial charge in [-0.1, -0.05) is 30.3 Å². The molecule has 5 heteroatoms. The van der Waals surface area contributed by atoms with Crippen LogP contribution in [-0.2, 0) is 20.0 Å². The number of hydrogen-bond acceptors (Lipinski definition) is 3. The van der Waals surface area contributed by atoms with E-state index >= 15 is 0 Å². The Balaban J connectivity index is 1.76. The van der Waals surface area contributed by atoms with E-state index in [0.717, 1.165) is 24.1 Å². The molecule has 0 aliphatic rings. The number of furan rings is 1. The highest BCUT2D eigenvalue weighted by atomic mass is 16.3. The molecule has 136 valence electrons. The second kappa shape index (κ2) is 8.04. The van der Waals surface area contributed by atoms with Crippen LogP contribution in [-0.4, -0.2) is 26.6 Å². The highest BCUT2D eigenvalue weighted by molar-refractivity contribution is 5.92. The quantitative estimate of drug-likeness (QED) is 0.647. The average molecular weight is 351 g/mol. The molecule has 3 aromatic rings. The molecule has 0 spiro atoms. The monoisotopic (exact) mass is 351 g/mol. The summed E-state index contributed by atoms with van der Waals surface area (Å²) in [5, 5.41) is 4.36. The minimum Gasteiger partial charge on any atom is -0.472 e. The van der Waals surface area contributed by atoms with E-state index in [1.54, 1.807) is 17.2 Å². The number of hydrogen-bond donors (Lipinski definition) is 0. The third-order valence-corrected chi connectivity index (χ3v) is 4.75. The van der Waals surface area contributed by atoms with E-state index < -0.39 is 0 Å². The Labute approximate surface area is 154 Å². The van der Waals surface area contributed by atoms with Gasteiger partial charge in [0.2, 0.25) is 0 Å². The van der Waals surface area contributed by atoms with Gasteiger partial charge in [-0.15, -0.1) is 0 Å². The van der Waals surface area contributed by atoms with Gasteiger partial charge in [0, 0.05) is 30.9 Å². The molecule has 0 radical (unpaired) electrons. The van der Waals surface area contributed by atoms with Gasteiger partial charge in [-0.3, -0.25) is 9.48 Å². The Bertz CT molecular complexity index is 818. The van der Waals surface area contributed by atoms with E-state index in [2.05, 4.69) is 24.2 Å². The normalized spacial score (nSPS) is 12.1. The number of rotatable bonds is 7. The fourth-order valence-electron chi connectivity index (χ4n) is 3.00. The molecule has 3 rings (SSSR count). The molecular weight excluding hydrogens is 326 g/mol. The smallest absolute Gasteiger partial charge is 0.274 e. The maximum Gasteiger partial charge on any atom is 0.274 e. The summed E-state index contributed by atoms with van der Waals surface area (Å²) in [5.41, 5.74) is 3.72. The average Bonchev–Trinajstić information content (AvgIpc) is 3.28. The predicted molar refractivity (Wildman–Crippen MR) is 101 cm³/mol. The molecule has 0 saturated heterocycles. The van der Waals surface area contributed by atoms with Crippen LogP contribution >= 0.6 is 0 Å². The minimum atomic E-state index is -0.0459. The van der Waals surface area contributed by atoms with E-state index in [0.29, 0.717) is 12.2 Å². The summed E-state index contributed by atoms with van der Waals surface area (Å²) in [7, 11) is 1.85. The Morgan fingerprint density at radius 2 is 2.00 bits per heavy atom. The lowest BCUT2D eigenvalue weighted by atomic mass is 10.0. The zero-order chi connectivity index (χ0) is 18.5. The number of benzene rings is 1. The summed E-state index contributed by atoms with van der Waals surface area (Å²) in [6.07, 6.45) is 5.14. The molecule has 0 aliphatic heterocycles. The van der Waals surface area contributed by atoms with E-state index in [1.165, 1.54) is 5.56 Å². The molecule has 0 aliphatic carbocycles. The third kappa shape index (κ3) is 4.23. The van der Waals surface area contributed by atoms with E-state index in [9.17, 15) is 4.79 Å². The van der Waals surface area contributed by atoms with Crippen molar-refractivity contribution >= 4 is 5.91 Å². The molecule has 0 saturated carbocycles. The van der Waals surface area contributed by atoms with Gasteiger partial charge >= 0.3 is 0 Å². The van der Waals surface area contributed by atoms with Gasteiger partial charge in [0.1, 0.15) is 0 Å². The van der Waals surface area contributed by atoms with Gasteiger partial charge in [0.05, 0.1) is 12.5 Å². The van der Waals surface area contributed by atoms with E-state index in [4.69, 9.17) is 4.42 Å². The Kier molecular flexibility index (Phi) is 5.56. The summed E-state index contributed by atoms with van der Waals surface area (Å²) < 4.78 is 6.91.